The molecule has 20 heavy (non-hydrogen) atoms. The molecule has 1 fully saturated rings. The number of morpholine rings is 1. The summed E-state index contributed by atoms with van der Waals surface area (Å²) in [6, 6.07) is 5.37. The van der Waals surface area contributed by atoms with Crippen molar-refractivity contribution in [1.82, 2.24) is 0 Å². The first-order valence-corrected chi connectivity index (χ1v) is 6.44. The van der Waals surface area contributed by atoms with Crippen LogP contribution < -0.4 is 4.90 Å². The highest BCUT2D eigenvalue weighted by Crippen LogP contribution is 2.24. The molecule has 0 spiro atoms. The Morgan fingerprint density at radius 3 is 2.75 bits per heavy atom. The maximum absolute atomic E-state index is 11.9. The molecular weight excluding hydrogens is 264 g/mol. The first kappa shape index (κ1) is 14.3. The molecule has 1 heterocycles. The van der Waals surface area contributed by atoms with Gasteiger partial charge in [-0.05, 0) is 24.1 Å². The van der Waals surface area contributed by atoms with Crippen LogP contribution in [0.15, 0.2) is 18.2 Å². The van der Waals surface area contributed by atoms with Crippen molar-refractivity contribution in [2.45, 2.75) is 13.3 Å². The smallest absolute Gasteiger partial charge is 0.336 e. The van der Waals surface area contributed by atoms with Gasteiger partial charge in [-0.2, -0.15) is 0 Å². The molecule has 1 saturated heterocycles. The van der Waals surface area contributed by atoms with Crippen molar-refractivity contribution in [1.29, 1.82) is 0 Å². The van der Waals surface area contributed by atoms with Crippen LogP contribution in [0.2, 0.25) is 0 Å². The van der Waals surface area contributed by atoms with Crippen LogP contribution in [-0.2, 0) is 16.0 Å². The molecule has 7 heteroatoms. The first-order valence-electron chi connectivity index (χ1n) is 6.44. The lowest BCUT2D eigenvalue weighted by Gasteiger charge is -2.30. The van der Waals surface area contributed by atoms with Gasteiger partial charge in [-0.1, -0.05) is 13.0 Å². The van der Waals surface area contributed by atoms with Crippen molar-refractivity contribution in [2.24, 2.45) is 0 Å². The van der Waals surface area contributed by atoms with Gasteiger partial charge >= 0.3 is 11.1 Å². The van der Waals surface area contributed by atoms with Crippen molar-refractivity contribution in [3.05, 3.63) is 39.4 Å². The quantitative estimate of drug-likeness (QED) is 0.613. The minimum Gasteiger partial charge on any atom is -0.378 e. The van der Waals surface area contributed by atoms with Crippen LogP contribution in [0.4, 0.5) is 5.69 Å². The zero-order valence-corrected chi connectivity index (χ0v) is 11.2. The normalized spacial score (nSPS) is 14.9. The molecule has 0 atom stereocenters. The third-order valence-electron chi connectivity index (χ3n) is 3.20. The highest BCUT2D eigenvalue weighted by molar-refractivity contribution is 5.95. The molecule has 7 nitrogen and oxygen atoms in total. The maximum Gasteiger partial charge on any atom is 0.336 e. The molecule has 0 amide bonds. The number of hydrogen-bond acceptors (Lipinski definition) is 6. The van der Waals surface area contributed by atoms with E-state index < -0.39 is 11.1 Å². The standard InChI is InChI=1S/C13H16N2O5/c1-2-10-3-4-12(14-5-7-19-8-6-14)11(9-10)13(16)20-15(17)18/h3-4,9H,2,5-8H2,1H3. The second-order valence-electron chi connectivity index (χ2n) is 4.41. The fourth-order valence-corrected chi connectivity index (χ4v) is 2.16. The van der Waals surface area contributed by atoms with E-state index in [1.54, 1.807) is 12.1 Å². The van der Waals surface area contributed by atoms with Crippen LogP contribution in [0.25, 0.3) is 0 Å². The summed E-state index contributed by atoms with van der Waals surface area (Å²) in [6.45, 7) is 4.37. The van der Waals surface area contributed by atoms with Gasteiger partial charge in [0, 0.05) is 18.8 Å². The molecular formula is C13H16N2O5. The zero-order valence-electron chi connectivity index (χ0n) is 11.2. The number of carbonyl (C=O) groups is 1. The summed E-state index contributed by atoms with van der Waals surface area (Å²) < 4.78 is 5.26. The molecule has 0 aromatic heterocycles. The van der Waals surface area contributed by atoms with Crippen LogP contribution in [0.1, 0.15) is 22.8 Å². The summed E-state index contributed by atoms with van der Waals surface area (Å²) >= 11 is 0. The van der Waals surface area contributed by atoms with Crippen LogP contribution in [0, 0.1) is 10.1 Å². The van der Waals surface area contributed by atoms with Gasteiger partial charge in [0.25, 0.3) is 0 Å². The van der Waals surface area contributed by atoms with E-state index in [1.165, 1.54) is 0 Å². The van der Waals surface area contributed by atoms with Crippen molar-refractivity contribution >= 4 is 11.7 Å². The van der Waals surface area contributed by atoms with Crippen LogP contribution in [-0.4, -0.2) is 37.4 Å². The molecule has 1 aliphatic rings. The van der Waals surface area contributed by atoms with E-state index in [4.69, 9.17) is 4.74 Å². The van der Waals surface area contributed by atoms with Gasteiger partial charge in [0.15, 0.2) is 0 Å². The molecule has 0 aliphatic carbocycles. The average molecular weight is 280 g/mol. The van der Waals surface area contributed by atoms with Crippen molar-refractivity contribution < 1.29 is 19.5 Å². The van der Waals surface area contributed by atoms with Gasteiger partial charge in [0.1, 0.15) is 0 Å². The zero-order chi connectivity index (χ0) is 14.5. The number of benzene rings is 1. The number of nitrogens with zero attached hydrogens (tertiary/aromatic N) is 2. The number of aryl methyl sites for hydroxylation is 1. The summed E-state index contributed by atoms with van der Waals surface area (Å²) in [6.07, 6.45) is 0.738. The Hall–Kier alpha value is -2.15. The second kappa shape index (κ2) is 6.33. The Labute approximate surface area is 116 Å². The Morgan fingerprint density at radius 2 is 2.15 bits per heavy atom. The minimum atomic E-state index is -1.08. The Balaban J connectivity index is 2.33. The summed E-state index contributed by atoms with van der Waals surface area (Å²) in [5.41, 5.74) is 1.80. The fraction of sp³-hybridized carbons (Fsp3) is 0.462. The van der Waals surface area contributed by atoms with Gasteiger partial charge in [0.05, 0.1) is 18.8 Å². The molecule has 0 radical (unpaired) electrons. The maximum atomic E-state index is 11.9. The molecule has 0 saturated carbocycles. The third-order valence-corrected chi connectivity index (χ3v) is 3.20. The van der Waals surface area contributed by atoms with Gasteiger partial charge in [-0.25, -0.2) is 4.84 Å². The molecule has 0 N–H and O–H groups in total. The summed E-state index contributed by atoms with van der Waals surface area (Å²) in [5, 5.41) is 9.27. The second-order valence-corrected chi connectivity index (χ2v) is 4.41. The predicted molar refractivity (Wildman–Crippen MR) is 71.3 cm³/mol. The lowest BCUT2D eigenvalue weighted by atomic mass is 10.1. The minimum absolute atomic E-state index is 0.225. The first-order chi connectivity index (χ1) is 9.61. The largest absolute Gasteiger partial charge is 0.378 e. The summed E-state index contributed by atoms with van der Waals surface area (Å²) in [4.78, 5) is 28.3. The average Bonchev–Trinajstić information content (AvgIpc) is 2.46. The van der Waals surface area contributed by atoms with Crippen LogP contribution in [0.5, 0.6) is 0 Å². The van der Waals surface area contributed by atoms with Crippen molar-refractivity contribution in [3.63, 3.8) is 0 Å². The van der Waals surface area contributed by atoms with Gasteiger partial charge < -0.3 is 9.64 Å². The van der Waals surface area contributed by atoms with Crippen LogP contribution >= 0.6 is 0 Å². The number of anilines is 1. The fourth-order valence-electron chi connectivity index (χ4n) is 2.16. The SMILES string of the molecule is CCc1ccc(N2CCOCC2)c(C(=O)O[N+](=O)[O-])c1. The van der Waals surface area contributed by atoms with Gasteiger partial charge in [-0.15, -0.1) is 10.1 Å². The van der Waals surface area contributed by atoms with Gasteiger partial charge in [-0.3, -0.25) is 4.79 Å². The number of ether oxygens (including phenoxy) is 1. The van der Waals surface area contributed by atoms with Crippen molar-refractivity contribution in [2.75, 3.05) is 31.2 Å². The van der Waals surface area contributed by atoms with Crippen LogP contribution in [0.3, 0.4) is 0 Å². The third kappa shape index (κ3) is 3.24. The number of hydrogen-bond donors (Lipinski definition) is 0. The molecule has 0 unspecified atom stereocenters. The molecule has 108 valence electrons. The molecule has 2 rings (SSSR count). The predicted octanol–water partition coefficient (Wildman–Crippen LogP) is 1.43. The number of rotatable bonds is 4. The topological polar surface area (TPSA) is 81.9 Å². The Bertz CT molecular complexity index is 511. The molecule has 1 aliphatic heterocycles. The molecule has 0 bridgehead atoms. The molecule has 1 aromatic carbocycles. The lowest BCUT2D eigenvalue weighted by molar-refractivity contribution is -0.727. The van der Waals surface area contributed by atoms with Crippen molar-refractivity contribution in [3.8, 4) is 0 Å². The van der Waals surface area contributed by atoms with E-state index >= 15 is 0 Å². The molecule has 1 aromatic rings. The van der Waals surface area contributed by atoms with E-state index in [0.717, 1.165) is 12.0 Å². The highest BCUT2D eigenvalue weighted by Gasteiger charge is 2.21. The summed E-state index contributed by atoms with van der Waals surface area (Å²) in [5.74, 6) is -0.938. The van der Waals surface area contributed by atoms with E-state index in [9.17, 15) is 14.9 Å². The number of carbonyl (C=O) groups excluding carboxylic acids is 1. The lowest BCUT2D eigenvalue weighted by Crippen LogP contribution is -2.37. The summed E-state index contributed by atoms with van der Waals surface area (Å²) in [7, 11) is 0. The van der Waals surface area contributed by atoms with E-state index in [0.29, 0.717) is 32.0 Å². The van der Waals surface area contributed by atoms with E-state index in [-0.39, 0.29) is 5.56 Å². The van der Waals surface area contributed by atoms with E-state index in [1.807, 2.05) is 17.9 Å². The highest BCUT2D eigenvalue weighted by atomic mass is 17.0. The van der Waals surface area contributed by atoms with E-state index in [2.05, 4.69) is 4.84 Å². The Morgan fingerprint density at radius 1 is 1.45 bits per heavy atom. The monoisotopic (exact) mass is 280 g/mol. The Kier molecular flexibility index (Phi) is 4.52. The van der Waals surface area contributed by atoms with Gasteiger partial charge in [0.2, 0.25) is 0 Å².